The van der Waals surface area contributed by atoms with Crippen LogP contribution < -0.4 is 5.32 Å². The lowest BCUT2D eigenvalue weighted by atomic mass is 9.76. The van der Waals surface area contributed by atoms with Crippen LogP contribution in [0.3, 0.4) is 0 Å². The van der Waals surface area contributed by atoms with E-state index in [1.54, 1.807) is 16.0 Å². The fraction of sp³-hybridized carbons (Fsp3) is 0.667. The van der Waals surface area contributed by atoms with Crippen LogP contribution in [0, 0.1) is 5.92 Å². The molecule has 0 aromatic carbocycles. The number of nitrogens with one attached hydrogen (secondary N) is 1. The molecule has 2 aromatic rings. The van der Waals surface area contributed by atoms with Crippen LogP contribution in [-0.2, 0) is 23.8 Å². The van der Waals surface area contributed by atoms with Gasteiger partial charge in [0.15, 0.2) is 0 Å². The van der Waals surface area contributed by atoms with Gasteiger partial charge in [0.1, 0.15) is 5.60 Å². The smallest absolute Gasteiger partial charge is 0.106 e. The minimum absolute atomic E-state index is 0. The third kappa shape index (κ3) is 3.37. The van der Waals surface area contributed by atoms with Crippen molar-refractivity contribution in [3.8, 4) is 0 Å². The fourth-order valence-electron chi connectivity index (χ4n) is 3.98. The zero-order chi connectivity index (χ0) is 16.9. The van der Waals surface area contributed by atoms with Crippen LogP contribution in [0.15, 0.2) is 12.3 Å². The van der Waals surface area contributed by atoms with Gasteiger partial charge < -0.3 is 10.1 Å². The predicted octanol–water partition coefficient (Wildman–Crippen LogP) is 4.08. The lowest BCUT2D eigenvalue weighted by Crippen LogP contribution is -2.52. The molecule has 1 spiro atoms. The van der Waals surface area contributed by atoms with Crippen molar-refractivity contribution >= 4 is 22.9 Å². The molecule has 2 aliphatic heterocycles. The average Bonchev–Trinajstić information content (AvgIpc) is 3.13. The van der Waals surface area contributed by atoms with Gasteiger partial charge >= 0.3 is 0 Å². The van der Waals surface area contributed by atoms with E-state index in [0.717, 1.165) is 35.9 Å². The Hall–Kier alpha value is -0.950. The number of thiophene rings is 1. The number of nitrogens with zero attached hydrogens (tertiary/aromatic N) is 3. The van der Waals surface area contributed by atoms with Gasteiger partial charge in [-0.2, -0.15) is 0 Å². The Labute approximate surface area is 158 Å². The van der Waals surface area contributed by atoms with Crippen LogP contribution in [0.1, 0.15) is 56.3 Å². The van der Waals surface area contributed by atoms with E-state index in [9.17, 15) is 0 Å². The summed E-state index contributed by atoms with van der Waals surface area (Å²) >= 11 is 8.01. The molecule has 0 bridgehead atoms. The highest BCUT2D eigenvalue weighted by atomic mass is 35.5. The zero-order valence-corrected chi connectivity index (χ0v) is 15.8. The molecule has 4 rings (SSSR count). The first kappa shape index (κ1) is 18.8. The Bertz CT molecular complexity index is 743. The summed E-state index contributed by atoms with van der Waals surface area (Å²) < 4.78 is 9.07. The monoisotopic (exact) mass is 382 g/mol. The van der Waals surface area contributed by atoms with E-state index >= 15 is 0 Å². The molecule has 0 saturated carbocycles. The summed E-state index contributed by atoms with van der Waals surface area (Å²) in [5.74, 6) is 0.519. The number of hydrogen-bond acceptors (Lipinski definition) is 5. The van der Waals surface area contributed by atoms with Crippen LogP contribution in [0.5, 0.6) is 0 Å². The Morgan fingerprint density at radius 1 is 1.44 bits per heavy atom. The van der Waals surface area contributed by atoms with Crippen molar-refractivity contribution in [1.29, 1.82) is 0 Å². The lowest BCUT2D eigenvalue weighted by molar-refractivity contribution is -0.101. The number of fused-ring (bicyclic) bond motifs is 2. The molecule has 5 nitrogen and oxygen atoms in total. The Morgan fingerprint density at radius 3 is 2.92 bits per heavy atom. The molecule has 0 aliphatic carbocycles. The number of piperidine rings is 1. The second-order valence-corrected chi connectivity index (χ2v) is 8.98. The molecule has 0 radical (unpaired) electrons. The van der Waals surface area contributed by atoms with E-state index < -0.39 is 0 Å². The average molecular weight is 383 g/mol. The Kier molecular flexibility index (Phi) is 5.26. The van der Waals surface area contributed by atoms with Gasteiger partial charge in [-0.3, -0.25) is 4.68 Å². The van der Waals surface area contributed by atoms with Crippen molar-refractivity contribution in [1.82, 2.24) is 20.3 Å². The molecular formula is C18H27ClN4OS. The predicted molar refractivity (Wildman–Crippen MR) is 102 cm³/mol. The third-order valence-corrected chi connectivity index (χ3v) is 6.72. The van der Waals surface area contributed by atoms with E-state index in [1.165, 1.54) is 10.4 Å². The second kappa shape index (κ2) is 6.99. The van der Waals surface area contributed by atoms with E-state index in [0.29, 0.717) is 12.0 Å². The number of ether oxygens (including phenoxy) is 1. The van der Waals surface area contributed by atoms with Crippen molar-refractivity contribution in [3.63, 3.8) is 0 Å². The molecule has 1 N–H and O–H groups in total. The summed E-state index contributed by atoms with van der Waals surface area (Å²) in [6.45, 7) is 5.28. The van der Waals surface area contributed by atoms with Crippen molar-refractivity contribution in [3.05, 3.63) is 32.7 Å². The number of aromatic nitrogens is 3. The highest BCUT2D eigenvalue weighted by Crippen LogP contribution is 2.50. The number of aryl methyl sites for hydroxylation is 1. The first-order valence-electron chi connectivity index (χ1n) is 8.52. The van der Waals surface area contributed by atoms with E-state index in [1.807, 2.05) is 13.2 Å². The molecule has 0 amide bonds. The minimum atomic E-state index is -0.256. The van der Waals surface area contributed by atoms with E-state index in [-0.39, 0.29) is 19.1 Å². The fourth-order valence-corrected chi connectivity index (χ4v) is 5.44. The Balaban J connectivity index is 0.00000182. The molecule has 7 heteroatoms. The molecular weight excluding hydrogens is 356 g/mol. The molecule has 2 aliphatic rings. The highest BCUT2D eigenvalue weighted by Gasteiger charge is 2.48. The van der Waals surface area contributed by atoms with Crippen LogP contribution in [-0.4, -0.2) is 27.6 Å². The SMILES string of the molecule is C.CC(C)C1CC2(CC(c3cn(C)nn3)N1)OCCc1cc(Cl)sc12. The maximum atomic E-state index is 6.44. The number of halogens is 1. The molecule has 4 heterocycles. The van der Waals surface area contributed by atoms with Crippen molar-refractivity contribution in [2.45, 2.75) is 58.2 Å². The van der Waals surface area contributed by atoms with Gasteiger partial charge in [0.25, 0.3) is 0 Å². The maximum absolute atomic E-state index is 6.44. The number of hydrogen-bond donors (Lipinski definition) is 1. The molecule has 25 heavy (non-hydrogen) atoms. The maximum Gasteiger partial charge on any atom is 0.106 e. The largest absolute Gasteiger partial charge is 0.369 e. The highest BCUT2D eigenvalue weighted by molar-refractivity contribution is 7.16. The van der Waals surface area contributed by atoms with Crippen molar-refractivity contribution in [2.75, 3.05) is 6.61 Å². The second-order valence-electron chi connectivity index (χ2n) is 7.29. The molecule has 1 fully saturated rings. The first-order valence-corrected chi connectivity index (χ1v) is 9.71. The topological polar surface area (TPSA) is 52.0 Å². The summed E-state index contributed by atoms with van der Waals surface area (Å²) in [6.07, 6.45) is 4.80. The standard InChI is InChI=1S/C17H23ClN4OS.CH4/c1-10(2)12-7-17(8-13(19-12)14-9-22(3)21-20-14)16-11(4-5-23-17)6-15(18)24-16;/h6,9-10,12-13,19H,4-5,7-8H2,1-3H3;1H4. The molecule has 3 unspecified atom stereocenters. The van der Waals surface area contributed by atoms with Crippen molar-refractivity contribution < 1.29 is 4.74 Å². The van der Waals surface area contributed by atoms with Crippen LogP contribution in [0.4, 0.5) is 0 Å². The molecule has 1 saturated heterocycles. The van der Waals surface area contributed by atoms with E-state index in [2.05, 4.69) is 35.5 Å². The lowest BCUT2D eigenvalue weighted by Gasteiger charge is -2.47. The number of rotatable bonds is 2. The third-order valence-electron chi connectivity index (χ3n) is 5.22. The van der Waals surface area contributed by atoms with Crippen molar-refractivity contribution in [2.24, 2.45) is 13.0 Å². The van der Waals surface area contributed by atoms with Gasteiger partial charge in [-0.05, 0) is 30.4 Å². The summed E-state index contributed by atoms with van der Waals surface area (Å²) in [4.78, 5) is 1.32. The summed E-state index contributed by atoms with van der Waals surface area (Å²) in [7, 11) is 1.91. The normalized spacial score (nSPS) is 28.8. The summed E-state index contributed by atoms with van der Waals surface area (Å²) in [5, 5.41) is 12.2. The van der Waals surface area contributed by atoms with Gasteiger partial charge in [0.2, 0.25) is 0 Å². The first-order chi connectivity index (χ1) is 11.5. The van der Waals surface area contributed by atoms with Gasteiger partial charge in [0.05, 0.1) is 22.7 Å². The van der Waals surface area contributed by atoms with Gasteiger partial charge in [0, 0.05) is 30.6 Å². The van der Waals surface area contributed by atoms with E-state index in [4.69, 9.17) is 16.3 Å². The van der Waals surface area contributed by atoms with Crippen LogP contribution >= 0.6 is 22.9 Å². The zero-order valence-electron chi connectivity index (χ0n) is 14.3. The van der Waals surface area contributed by atoms with Crippen LogP contribution in [0.2, 0.25) is 4.34 Å². The van der Waals surface area contributed by atoms with Gasteiger partial charge in [-0.25, -0.2) is 0 Å². The summed E-state index contributed by atoms with van der Waals surface area (Å²) in [5.41, 5.74) is 2.09. The molecule has 138 valence electrons. The van der Waals surface area contributed by atoms with Crippen LogP contribution in [0.25, 0.3) is 0 Å². The molecule has 3 atom stereocenters. The Morgan fingerprint density at radius 2 is 2.24 bits per heavy atom. The quantitative estimate of drug-likeness (QED) is 0.850. The minimum Gasteiger partial charge on any atom is -0.369 e. The molecule has 2 aromatic heterocycles. The van der Waals surface area contributed by atoms with Gasteiger partial charge in [-0.15, -0.1) is 16.4 Å². The summed E-state index contributed by atoms with van der Waals surface area (Å²) in [6, 6.07) is 2.64. The van der Waals surface area contributed by atoms with Gasteiger partial charge in [-0.1, -0.05) is 38.1 Å².